The second-order valence-corrected chi connectivity index (χ2v) is 4.15. The minimum atomic E-state index is -4.26. The molecule has 1 nitrogen and oxygen atoms in total. The van der Waals surface area contributed by atoms with E-state index in [2.05, 4.69) is 6.58 Å². The summed E-state index contributed by atoms with van der Waals surface area (Å²) in [6.45, 7) is 3.55. The maximum absolute atomic E-state index is 12.2. The summed E-state index contributed by atoms with van der Waals surface area (Å²) in [6, 6.07) is 4.40. The number of benzene rings is 1. The van der Waals surface area contributed by atoms with E-state index in [1.807, 2.05) is 0 Å². The lowest BCUT2D eigenvalue weighted by Gasteiger charge is -2.10. The molecule has 0 aliphatic heterocycles. The molecular weight excluding hydrogens is 237 g/mol. The Morgan fingerprint density at radius 3 is 2.62 bits per heavy atom. The molecule has 0 amide bonds. The van der Waals surface area contributed by atoms with Gasteiger partial charge < -0.3 is 4.74 Å². The van der Waals surface area contributed by atoms with Crippen molar-refractivity contribution in [2.75, 3.05) is 7.11 Å². The molecule has 0 saturated carbocycles. The van der Waals surface area contributed by atoms with E-state index in [9.17, 15) is 13.2 Å². The van der Waals surface area contributed by atoms with Crippen LogP contribution in [-0.2, 0) is 6.42 Å². The van der Waals surface area contributed by atoms with Gasteiger partial charge in [0.15, 0.2) is 0 Å². The van der Waals surface area contributed by atoms with Gasteiger partial charge in [0.25, 0.3) is 0 Å². The van der Waals surface area contributed by atoms with Gasteiger partial charge in [0.2, 0.25) is 0 Å². The number of rotatable bonds is 4. The molecule has 0 fully saturated rings. The van der Waals surface area contributed by atoms with Gasteiger partial charge in [-0.15, -0.1) is 6.58 Å². The SMILES string of the molecule is C=CCc1cc(SC(F)(F)F)ccc1OC. The predicted molar refractivity (Wildman–Crippen MR) is 58.8 cm³/mol. The molecular formula is C11H11F3OS. The quantitative estimate of drug-likeness (QED) is 0.587. The fourth-order valence-electron chi connectivity index (χ4n) is 1.27. The van der Waals surface area contributed by atoms with E-state index < -0.39 is 5.51 Å². The van der Waals surface area contributed by atoms with E-state index in [4.69, 9.17) is 4.74 Å². The number of hydrogen-bond donors (Lipinski definition) is 0. The highest BCUT2D eigenvalue weighted by Gasteiger charge is 2.29. The molecule has 0 saturated heterocycles. The Bertz CT molecular complexity index is 374. The normalized spacial score (nSPS) is 11.2. The van der Waals surface area contributed by atoms with Crippen molar-refractivity contribution in [3.63, 3.8) is 0 Å². The van der Waals surface area contributed by atoms with Crippen LogP contribution in [0.1, 0.15) is 5.56 Å². The van der Waals surface area contributed by atoms with Crippen molar-refractivity contribution < 1.29 is 17.9 Å². The lowest BCUT2D eigenvalue weighted by atomic mass is 10.1. The smallest absolute Gasteiger partial charge is 0.446 e. The van der Waals surface area contributed by atoms with Crippen LogP contribution in [0.2, 0.25) is 0 Å². The summed E-state index contributed by atoms with van der Waals surface area (Å²) in [7, 11) is 1.48. The van der Waals surface area contributed by atoms with E-state index in [1.54, 1.807) is 6.08 Å². The zero-order chi connectivity index (χ0) is 12.2. The Morgan fingerprint density at radius 1 is 1.44 bits per heavy atom. The van der Waals surface area contributed by atoms with Gasteiger partial charge in [-0.25, -0.2) is 0 Å². The molecule has 0 unspecified atom stereocenters. The van der Waals surface area contributed by atoms with Gasteiger partial charge in [0, 0.05) is 4.90 Å². The molecule has 1 rings (SSSR count). The number of halogens is 3. The first kappa shape index (κ1) is 13.0. The largest absolute Gasteiger partial charge is 0.496 e. The molecule has 1 aromatic rings. The fraction of sp³-hybridized carbons (Fsp3) is 0.273. The Hall–Kier alpha value is -1.10. The van der Waals surface area contributed by atoms with Gasteiger partial charge in [-0.3, -0.25) is 0 Å². The van der Waals surface area contributed by atoms with Gasteiger partial charge in [-0.1, -0.05) is 6.08 Å². The van der Waals surface area contributed by atoms with Crippen molar-refractivity contribution >= 4 is 11.8 Å². The van der Waals surface area contributed by atoms with Crippen LogP contribution in [0.4, 0.5) is 13.2 Å². The second kappa shape index (κ2) is 5.30. The summed E-state index contributed by atoms with van der Waals surface area (Å²) in [6.07, 6.45) is 2.11. The molecule has 0 spiro atoms. The average Bonchev–Trinajstić information content (AvgIpc) is 2.16. The van der Waals surface area contributed by atoms with E-state index in [1.165, 1.54) is 25.3 Å². The van der Waals surface area contributed by atoms with Crippen LogP contribution in [-0.4, -0.2) is 12.6 Å². The number of thioether (sulfide) groups is 1. The monoisotopic (exact) mass is 248 g/mol. The molecule has 1 aromatic carbocycles. The first-order chi connectivity index (χ1) is 7.46. The van der Waals surface area contributed by atoms with E-state index in [0.717, 1.165) is 0 Å². The highest BCUT2D eigenvalue weighted by Crippen LogP contribution is 2.38. The van der Waals surface area contributed by atoms with Crippen molar-refractivity contribution in [3.8, 4) is 5.75 Å². The zero-order valence-corrected chi connectivity index (χ0v) is 9.49. The third-order valence-corrected chi connectivity index (χ3v) is 2.57. The van der Waals surface area contributed by atoms with Crippen molar-refractivity contribution in [2.45, 2.75) is 16.8 Å². The summed E-state index contributed by atoms with van der Waals surface area (Å²) < 4.78 is 41.5. The first-order valence-corrected chi connectivity index (χ1v) is 5.31. The number of alkyl halides is 3. The van der Waals surface area contributed by atoms with Crippen molar-refractivity contribution in [1.29, 1.82) is 0 Å². The summed E-state index contributed by atoms with van der Waals surface area (Å²) >= 11 is -0.130. The van der Waals surface area contributed by atoms with Crippen molar-refractivity contribution in [3.05, 3.63) is 36.4 Å². The fourth-order valence-corrected chi connectivity index (χ4v) is 1.87. The molecule has 0 aromatic heterocycles. The average molecular weight is 248 g/mol. The molecule has 0 bridgehead atoms. The van der Waals surface area contributed by atoms with Gasteiger partial charge in [-0.05, 0) is 41.9 Å². The third kappa shape index (κ3) is 3.81. The Balaban J connectivity index is 2.97. The number of methoxy groups -OCH3 is 1. The maximum Gasteiger partial charge on any atom is 0.446 e. The van der Waals surface area contributed by atoms with Crippen LogP contribution in [0.15, 0.2) is 35.7 Å². The number of ether oxygens (including phenoxy) is 1. The molecule has 0 N–H and O–H groups in total. The molecule has 0 aliphatic carbocycles. The molecule has 0 heterocycles. The van der Waals surface area contributed by atoms with Gasteiger partial charge in [0.05, 0.1) is 7.11 Å². The van der Waals surface area contributed by atoms with Crippen LogP contribution in [0.5, 0.6) is 5.75 Å². The van der Waals surface area contributed by atoms with Crippen LogP contribution < -0.4 is 4.74 Å². The highest BCUT2D eigenvalue weighted by molar-refractivity contribution is 8.00. The van der Waals surface area contributed by atoms with Gasteiger partial charge in [0.1, 0.15) is 5.75 Å². The second-order valence-electron chi connectivity index (χ2n) is 3.01. The lowest BCUT2D eigenvalue weighted by molar-refractivity contribution is -0.0328. The van der Waals surface area contributed by atoms with Gasteiger partial charge in [-0.2, -0.15) is 13.2 Å². The van der Waals surface area contributed by atoms with Crippen molar-refractivity contribution in [2.24, 2.45) is 0 Å². The number of allylic oxidation sites excluding steroid dienone is 1. The Labute approximate surface area is 96.3 Å². The van der Waals surface area contributed by atoms with Crippen LogP contribution >= 0.6 is 11.8 Å². The Morgan fingerprint density at radius 2 is 2.12 bits per heavy atom. The molecule has 0 atom stereocenters. The lowest BCUT2D eigenvalue weighted by Crippen LogP contribution is -1.99. The minimum absolute atomic E-state index is 0.130. The summed E-state index contributed by atoms with van der Waals surface area (Å²) in [5.41, 5.74) is -3.56. The van der Waals surface area contributed by atoms with E-state index >= 15 is 0 Å². The third-order valence-electron chi connectivity index (χ3n) is 1.85. The molecule has 16 heavy (non-hydrogen) atoms. The number of hydrogen-bond acceptors (Lipinski definition) is 2. The van der Waals surface area contributed by atoms with E-state index in [-0.39, 0.29) is 16.7 Å². The summed E-state index contributed by atoms with van der Waals surface area (Å²) in [5, 5.41) is 0. The molecule has 0 aliphatic rings. The molecule has 0 radical (unpaired) electrons. The standard InChI is InChI=1S/C11H11F3OS/c1-3-4-8-7-9(16-11(12,13)14)5-6-10(8)15-2/h3,5-7H,1,4H2,2H3. The maximum atomic E-state index is 12.2. The summed E-state index contributed by atoms with van der Waals surface area (Å²) in [4.78, 5) is 0.158. The highest BCUT2D eigenvalue weighted by atomic mass is 32.2. The first-order valence-electron chi connectivity index (χ1n) is 4.50. The zero-order valence-electron chi connectivity index (χ0n) is 8.67. The summed E-state index contributed by atoms with van der Waals surface area (Å²) in [5.74, 6) is 0.575. The van der Waals surface area contributed by atoms with Crippen molar-refractivity contribution in [1.82, 2.24) is 0 Å². The predicted octanol–water partition coefficient (Wildman–Crippen LogP) is 4.04. The van der Waals surface area contributed by atoms with Crippen LogP contribution in [0, 0.1) is 0 Å². The topological polar surface area (TPSA) is 9.23 Å². The van der Waals surface area contributed by atoms with Crippen LogP contribution in [0.25, 0.3) is 0 Å². The Kier molecular flexibility index (Phi) is 4.29. The molecule has 88 valence electrons. The van der Waals surface area contributed by atoms with Gasteiger partial charge >= 0.3 is 5.51 Å². The van der Waals surface area contributed by atoms with E-state index in [0.29, 0.717) is 17.7 Å². The molecule has 5 heteroatoms. The minimum Gasteiger partial charge on any atom is -0.496 e. The van der Waals surface area contributed by atoms with Crippen LogP contribution in [0.3, 0.4) is 0 Å².